The number of hydrogen-bond acceptors (Lipinski definition) is 2. The van der Waals surface area contributed by atoms with Gasteiger partial charge < -0.3 is 9.80 Å². The van der Waals surface area contributed by atoms with E-state index < -0.39 is 0 Å². The highest BCUT2D eigenvalue weighted by atomic mass is 15.1. The van der Waals surface area contributed by atoms with Crippen LogP contribution < -0.4 is 0 Å². The summed E-state index contributed by atoms with van der Waals surface area (Å²) in [5.74, 6) is 0. The van der Waals surface area contributed by atoms with Gasteiger partial charge in [0.2, 0.25) is 0 Å². The first kappa shape index (κ1) is 25.9. The van der Waals surface area contributed by atoms with Gasteiger partial charge in [-0.2, -0.15) is 0 Å². The summed E-state index contributed by atoms with van der Waals surface area (Å²) in [4.78, 5) is 4.46. The third-order valence-corrected chi connectivity index (χ3v) is 4.73. The van der Waals surface area contributed by atoms with E-state index in [0.29, 0.717) is 0 Å². The minimum Gasteiger partial charge on any atom is -0.305 e. The second-order valence-corrected chi connectivity index (χ2v) is 7.39. The summed E-state index contributed by atoms with van der Waals surface area (Å²) in [5.41, 5.74) is 2.78. The van der Waals surface area contributed by atoms with E-state index in [0.717, 1.165) is 13.1 Å². The van der Waals surface area contributed by atoms with Crippen molar-refractivity contribution in [2.24, 2.45) is 0 Å². The Morgan fingerprint density at radius 1 is 0.533 bits per heavy atom. The van der Waals surface area contributed by atoms with E-state index in [1.54, 1.807) is 0 Å². The first-order chi connectivity index (χ1) is 14.5. The Balaban J connectivity index is 0.000000691. The number of hydrogen-bond donors (Lipinski definition) is 0. The number of rotatable bonds is 4. The van der Waals surface area contributed by atoms with Crippen LogP contribution in [0, 0.1) is 0 Å². The molecule has 4 aromatic rings. The summed E-state index contributed by atoms with van der Waals surface area (Å²) >= 11 is 0. The van der Waals surface area contributed by atoms with Crippen molar-refractivity contribution in [1.82, 2.24) is 9.80 Å². The first-order valence-electron chi connectivity index (χ1n) is 11.5. The van der Waals surface area contributed by atoms with Gasteiger partial charge in [-0.3, -0.25) is 0 Å². The topological polar surface area (TPSA) is 6.48 Å². The monoisotopic (exact) mass is 406 g/mol. The second kappa shape index (κ2) is 12.5. The molecule has 0 saturated carbocycles. The van der Waals surface area contributed by atoms with Gasteiger partial charge in [-0.25, -0.2) is 0 Å². The van der Waals surface area contributed by atoms with Gasteiger partial charge in [-0.15, -0.1) is 0 Å². The van der Waals surface area contributed by atoms with Gasteiger partial charge >= 0.3 is 0 Å². The molecule has 0 N–H and O–H groups in total. The number of nitrogens with zero attached hydrogens (tertiary/aromatic N) is 2. The molecule has 0 aliphatic rings. The standard InChI is InChI=1S/C22H24N2.3C2H6/c1-23(2)13-15-11-17-7-5-16-6-8-19(14-24(3)4)20-10-9-18(12-15)21(17)22(16)20;3*1-2/h5-12H,13-14H2,1-4H3;3*1-2H3. The van der Waals surface area contributed by atoms with Crippen molar-refractivity contribution in [2.45, 2.75) is 54.6 Å². The quantitative estimate of drug-likeness (QED) is 0.319. The van der Waals surface area contributed by atoms with Crippen LogP contribution in [-0.4, -0.2) is 38.0 Å². The molecule has 4 aromatic carbocycles. The zero-order chi connectivity index (χ0) is 22.8. The molecule has 0 spiro atoms. The third-order valence-electron chi connectivity index (χ3n) is 4.73. The van der Waals surface area contributed by atoms with E-state index in [2.05, 4.69) is 86.5 Å². The van der Waals surface area contributed by atoms with Gasteiger partial charge in [0.1, 0.15) is 0 Å². The predicted molar refractivity (Wildman–Crippen MR) is 139 cm³/mol. The molecule has 0 aliphatic carbocycles. The SMILES string of the molecule is CC.CC.CC.CN(C)Cc1cc2ccc3ccc(CN(C)C)c4ccc(c1)c2c34. The molecular weight excluding hydrogens is 364 g/mol. The predicted octanol–water partition coefficient (Wildman–Crippen LogP) is 7.79. The fourth-order valence-corrected chi connectivity index (χ4v) is 3.88. The maximum absolute atomic E-state index is 2.35. The molecular formula is C28H42N2. The van der Waals surface area contributed by atoms with Crippen molar-refractivity contribution >= 4 is 32.3 Å². The van der Waals surface area contributed by atoms with Crippen molar-refractivity contribution < 1.29 is 0 Å². The lowest BCUT2D eigenvalue weighted by Gasteiger charge is -2.18. The van der Waals surface area contributed by atoms with Crippen LogP contribution in [0.15, 0.2) is 48.5 Å². The lowest BCUT2D eigenvalue weighted by Crippen LogP contribution is -2.11. The Morgan fingerprint density at radius 3 is 1.53 bits per heavy atom. The van der Waals surface area contributed by atoms with Crippen LogP contribution in [0.5, 0.6) is 0 Å². The summed E-state index contributed by atoms with van der Waals surface area (Å²) in [7, 11) is 8.51. The van der Waals surface area contributed by atoms with E-state index in [9.17, 15) is 0 Å². The molecule has 0 fully saturated rings. The van der Waals surface area contributed by atoms with E-state index in [-0.39, 0.29) is 0 Å². The van der Waals surface area contributed by atoms with Crippen LogP contribution in [-0.2, 0) is 13.1 Å². The second-order valence-electron chi connectivity index (χ2n) is 7.39. The van der Waals surface area contributed by atoms with Crippen LogP contribution in [0.4, 0.5) is 0 Å². The Morgan fingerprint density at radius 2 is 1.00 bits per heavy atom. The molecule has 0 bridgehead atoms. The maximum Gasteiger partial charge on any atom is 0.0233 e. The van der Waals surface area contributed by atoms with Crippen molar-refractivity contribution in [2.75, 3.05) is 28.2 Å². The molecule has 0 unspecified atom stereocenters. The summed E-state index contributed by atoms with van der Waals surface area (Å²) in [6.45, 7) is 13.9. The smallest absolute Gasteiger partial charge is 0.0233 e. The van der Waals surface area contributed by atoms with Gasteiger partial charge in [-0.1, -0.05) is 77.9 Å². The molecule has 2 nitrogen and oxygen atoms in total. The third kappa shape index (κ3) is 5.71. The van der Waals surface area contributed by atoms with E-state index >= 15 is 0 Å². The van der Waals surface area contributed by atoms with Crippen LogP contribution in [0.1, 0.15) is 52.7 Å². The van der Waals surface area contributed by atoms with E-state index in [1.807, 2.05) is 41.5 Å². The average Bonchev–Trinajstić information content (AvgIpc) is 2.76. The average molecular weight is 407 g/mol. The molecule has 164 valence electrons. The minimum absolute atomic E-state index is 0.972. The summed E-state index contributed by atoms with van der Waals surface area (Å²) in [5, 5.41) is 8.26. The Labute approximate surface area is 184 Å². The molecule has 0 aromatic heterocycles. The van der Waals surface area contributed by atoms with E-state index in [1.165, 1.54) is 43.4 Å². The molecule has 0 saturated heterocycles. The Bertz CT molecular complexity index is 997. The lowest BCUT2D eigenvalue weighted by molar-refractivity contribution is 0.403. The normalized spacial score (nSPS) is 10.5. The van der Waals surface area contributed by atoms with Crippen molar-refractivity contribution in [1.29, 1.82) is 0 Å². The van der Waals surface area contributed by atoms with Gasteiger partial charge in [0, 0.05) is 13.1 Å². The molecule has 30 heavy (non-hydrogen) atoms. The molecule has 0 atom stereocenters. The van der Waals surface area contributed by atoms with Crippen LogP contribution in [0.25, 0.3) is 32.3 Å². The molecule has 0 amide bonds. The highest BCUT2D eigenvalue weighted by Crippen LogP contribution is 2.37. The molecule has 2 heteroatoms. The van der Waals surface area contributed by atoms with Crippen molar-refractivity contribution in [3.8, 4) is 0 Å². The Kier molecular flexibility index (Phi) is 10.8. The van der Waals surface area contributed by atoms with Crippen LogP contribution in [0.3, 0.4) is 0 Å². The summed E-state index contributed by atoms with van der Waals surface area (Å²) in [6.07, 6.45) is 0. The van der Waals surface area contributed by atoms with E-state index in [4.69, 9.17) is 0 Å². The van der Waals surface area contributed by atoms with Gasteiger partial charge in [0.15, 0.2) is 0 Å². The van der Waals surface area contributed by atoms with Gasteiger partial charge in [0.25, 0.3) is 0 Å². The Hall–Kier alpha value is -2.16. The molecule has 4 rings (SSSR count). The van der Waals surface area contributed by atoms with Crippen LogP contribution >= 0.6 is 0 Å². The first-order valence-corrected chi connectivity index (χ1v) is 11.5. The van der Waals surface area contributed by atoms with Gasteiger partial charge in [0.05, 0.1) is 0 Å². The fraction of sp³-hybridized carbons (Fsp3) is 0.429. The van der Waals surface area contributed by atoms with Gasteiger partial charge in [-0.05, 0) is 83.8 Å². The molecule has 0 radical (unpaired) electrons. The summed E-state index contributed by atoms with van der Waals surface area (Å²) in [6, 6.07) is 18.4. The number of benzene rings is 4. The lowest BCUT2D eigenvalue weighted by atomic mass is 9.90. The molecule has 0 aliphatic heterocycles. The molecule has 0 heterocycles. The summed E-state index contributed by atoms with van der Waals surface area (Å²) < 4.78 is 0. The fourth-order valence-electron chi connectivity index (χ4n) is 3.88. The highest BCUT2D eigenvalue weighted by molar-refractivity contribution is 6.23. The minimum atomic E-state index is 0.972. The largest absolute Gasteiger partial charge is 0.305 e. The zero-order valence-corrected chi connectivity index (χ0v) is 20.9. The van der Waals surface area contributed by atoms with Crippen LogP contribution in [0.2, 0.25) is 0 Å². The highest BCUT2D eigenvalue weighted by Gasteiger charge is 2.12. The van der Waals surface area contributed by atoms with Crippen molar-refractivity contribution in [3.63, 3.8) is 0 Å². The zero-order valence-electron chi connectivity index (χ0n) is 20.9. The van der Waals surface area contributed by atoms with Crippen molar-refractivity contribution in [3.05, 3.63) is 59.7 Å². The maximum atomic E-state index is 2.35.